The lowest BCUT2D eigenvalue weighted by atomic mass is 10.2. The summed E-state index contributed by atoms with van der Waals surface area (Å²) < 4.78 is 32.9. The highest BCUT2D eigenvalue weighted by Crippen LogP contribution is 2.29. The number of ether oxygens (including phenoxy) is 1. The van der Waals surface area contributed by atoms with Crippen LogP contribution in [0.2, 0.25) is 5.02 Å². The third kappa shape index (κ3) is 6.91. The van der Waals surface area contributed by atoms with Gasteiger partial charge in [0.2, 0.25) is 0 Å². The molecule has 1 N–H and O–H groups in total. The second kappa shape index (κ2) is 11.2. The lowest BCUT2D eigenvalue weighted by Crippen LogP contribution is -2.40. The smallest absolute Gasteiger partial charge is 0.308 e. The minimum atomic E-state index is -4.06. The van der Waals surface area contributed by atoms with E-state index in [0.29, 0.717) is 27.6 Å². The average Bonchev–Trinajstić information content (AvgIpc) is 2.79. The maximum atomic E-state index is 13.5. The van der Waals surface area contributed by atoms with Crippen LogP contribution in [0.4, 0.5) is 5.69 Å². The maximum absolute atomic E-state index is 13.5. The lowest BCUT2D eigenvalue weighted by Gasteiger charge is -2.25. The number of anilines is 1. The van der Waals surface area contributed by atoms with Crippen LogP contribution in [0, 0.1) is 13.8 Å². The highest BCUT2D eigenvalue weighted by Gasteiger charge is 2.28. The van der Waals surface area contributed by atoms with E-state index in [2.05, 4.69) is 10.5 Å². The fourth-order valence-corrected chi connectivity index (χ4v) is 4.88. The second-order valence-electron chi connectivity index (χ2n) is 7.71. The summed E-state index contributed by atoms with van der Waals surface area (Å²) in [6.45, 7) is 4.38. The minimum absolute atomic E-state index is 0.0571. The number of carbonyl (C=O) groups excluding carboxylic acids is 2. The SMILES string of the molecule is CC(=O)Oc1ccc(/C=N/NC(=O)CN(c2ccc(Cl)cc2C)S(=O)(=O)c2ccc(C)cc2)cc1. The number of carbonyl (C=O) groups is 2. The summed E-state index contributed by atoms with van der Waals surface area (Å²) in [5.41, 5.74) is 4.82. The van der Waals surface area contributed by atoms with Gasteiger partial charge in [-0.25, -0.2) is 13.8 Å². The summed E-state index contributed by atoms with van der Waals surface area (Å²) in [5.74, 6) is -0.684. The van der Waals surface area contributed by atoms with Crippen LogP contribution in [-0.4, -0.2) is 33.1 Å². The largest absolute Gasteiger partial charge is 0.427 e. The van der Waals surface area contributed by atoms with Gasteiger partial charge < -0.3 is 4.74 Å². The van der Waals surface area contributed by atoms with Crippen LogP contribution in [0.25, 0.3) is 0 Å². The molecule has 0 fully saturated rings. The summed E-state index contributed by atoms with van der Waals surface area (Å²) in [6, 6.07) is 17.6. The van der Waals surface area contributed by atoms with E-state index in [1.54, 1.807) is 61.5 Å². The molecular formula is C25H24ClN3O5S. The zero-order valence-electron chi connectivity index (χ0n) is 19.4. The predicted molar refractivity (Wildman–Crippen MR) is 135 cm³/mol. The molecule has 0 saturated carbocycles. The third-order valence-electron chi connectivity index (χ3n) is 4.87. The molecule has 10 heteroatoms. The standard InChI is InChI=1S/C25H24ClN3O5S/c1-17-4-11-23(12-5-17)35(32,33)29(24-13-8-21(26)14-18(24)2)16-25(31)28-27-15-20-6-9-22(10-7-20)34-19(3)30/h4-15H,16H2,1-3H3,(H,28,31)/b27-15+. The van der Waals surface area contributed by atoms with Crippen molar-refractivity contribution in [3.05, 3.63) is 88.4 Å². The summed E-state index contributed by atoms with van der Waals surface area (Å²) in [6.07, 6.45) is 1.39. The first-order valence-electron chi connectivity index (χ1n) is 10.5. The van der Waals surface area contributed by atoms with Gasteiger partial charge in [-0.2, -0.15) is 5.10 Å². The molecule has 3 rings (SSSR count). The molecule has 35 heavy (non-hydrogen) atoms. The van der Waals surface area contributed by atoms with E-state index in [4.69, 9.17) is 16.3 Å². The number of amides is 1. The van der Waals surface area contributed by atoms with Crippen LogP contribution in [0.3, 0.4) is 0 Å². The van der Waals surface area contributed by atoms with Crippen molar-refractivity contribution in [2.24, 2.45) is 5.10 Å². The molecule has 0 aromatic heterocycles. The van der Waals surface area contributed by atoms with Crippen LogP contribution in [0.1, 0.15) is 23.6 Å². The Labute approximate surface area is 209 Å². The molecule has 8 nitrogen and oxygen atoms in total. The molecule has 0 spiro atoms. The van der Waals surface area contributed by atoms with Gasteiger partial charge in [0.1, 0.15) is 12.3 Å². The molecule has 3 aromatic rings. The van der Waals surface area contributed by atoms with Crippen molar-refractivity contribution in [1.82, 2.24) is 5.43 Å². The van der Waals surface area contributed by atoms with E-state index in [1.807, 2.05) is 6.92 Å². The monoisotopic (exact) mass is 513 g/mol. The van der Waals surface area contributed by atoms with Gasteiger partial charge >= 0.3 is 5.97 Å². The molecule has 0 atom stereocenters. The molecule has 0 bridgehead atoms. The molecular weight excluding hydrogens is 490 g/mol. The number of sulfonamides is 1. The summed E-state index contributed by atoms with van der Waals surface area (Å²) in [5, 5.41) is 4.36. The zero-order valence-corrected chi connectivity index (χ0v) is 20.9. The number of hydrogen-bond acceptors (Lipinski definition) is 6. The van der Waals surface area contributed by atoms with E-state index < -0.39 is 28.4 Å². The third-order valence-corrected chi connectivity index (χ3v) is 6.88. The van der Waals surface area contributed by atoms with Gasteiger partial charge in [-0.3, -0.25) is 13.9 Å². The zero-order chi connectivity index (χ0) is 25.6. The Bertz CT molecular complexity index is 1350. The molecule has 1 amide bonds. The van der Waals surface area contributed by atoms with Gasteiger partial charge in [0.05, 0.1) is 16.8 Å². The number of aryl methyl sites for hydroxylation is 2. The molecule has 182 valence electrons. The van der Waals surface area contributed by atoms with Crippen molar-refractivity contribution in [1.29, 1.82) is 0 Å². The summed E-state index contributed by atoms with van der Waals surface area (Å²) in [7, 11) is -4.06. The van der Waals surface area contributed by atoms with Gasteiger partial charge in [0, 0.05) is 11.9 Å². The van der Waals surface area contributed by atoms with E-state index in [1.165, 1.54) is 25.3 Å². The van der Waals surface area contributed by atoms with Gasteiger partial charge in [-0.05, 0) is 79.6 Å². The van der Waals surface area contributed by atoms with E-state index in [9.17, 15) is 18.0 Å². The fraction of sp³-hybridized carbons (Fsp3) is 0.160. The Hall–Kier alpha value is -3.69. The number of hydrogen-bond donors (Lipinski definition) is 1. The Kier molecular flexibility index (Phi) is 8.26. The Morgan fingerprint density at radius 1 is 1.03 bits per heavy atom. The Morgan fingerprint density at radius 2 is 1.69 bits per heavy atom. The summed E-state index contributed by atoms with van der Waals surface area (Å²) in [4.78, 5) is 23.7. The van der Waals surface area contributed by atoms with E-state index in [-0.39, 0.29) is 4.90 Å². The van der Waals surface area contributed by atoms with Gasteiger partial charge in [-0.1, -0.05) is 29.3 Å². The lowest BCUT2D eigenvalue weighted by molar-refractivity contribution is -0.131. The maximum Gasteiger partial charge on any atom is 0.308 e. The van der Waals surface area contributed by atoms with Gasteiger partial charge in [0.25, 0.3) is 15.9 Å². The van der Waals surface area contributed by atoms with E-state index >= 15 is 0 Å². The summed E-state index contributed by atoms with van der Waals surface area (Å²) >= 11 is 6.05. The van der Waals surface area contributed by atoms with Crippen LogP contribution < -0.4 is 14.5 Å². The molecule has 0 heterocycles. The van der Waals surface area contributed by atoms with Crippen molar-refractivity contribution < 1.29 is 22.7 Å². The van der Waals surface area contributed by atoms with Crippen molar-refractivity contribution in [3.63, 3.8) is 0 Å². The topological polar surface area (TPSA) is 105 Å². The normalized spacial score (nSPS) is 11.3. The van der Waals surface area contributed by atoms with Crippen molar-refractivity contribution in [3.8, 4) is 5.75 Å². The van der Waals surface area contributed by atoms with Crippen LogP contribution in [0.15, 0.2) is 76.7 Å². The molecule has 0 unspecified atom stereocenters. The average molecular weight is 514 g/mol. The second-order valence-corrected chi connectivity index (χ2v) is 10.0. The highest BCUT2D eigenvalue weighted by atomic mass is 35.5. The Morgan fingerprint density at radius 3 is 2.29 bits per heavy atom. The van der Waals surface area contributed by atoms with Crippen LogP contribution in [0.5, 0.6) is 5.75 Å². The predicted octanol–water partition coefficient (Wildman–Crippen LogP) is 4.23. The number of esters is 1. The highest BCUT2D eigenvalue weighted by molar-refractivity contribution is 7.92. The first-order chi connectivity index (χ1) is 16.6. The number of nitrogens with zero attached hydrogens (tertiary/aromatic N) is 2. The number of rotatable bonds is 8. The van der Waals surface area contributed by atoms with Crippen molar-refractivity contribution in [2.45, 2.75) is 25.7 Å². The van der Waals surface area contributed by atoms with Crippen molar-refractivity contribution in [2.75, 3.05) is 10.8 Å². The first-order valence-corrected chi connectivity index (χ1v) is 12.3. The molecule has 0 aliphatic rings. The van der Waals surface area contributed by atoms with Crippen LogP contribution >= 0.6 is 11.6 Å². The first kappa shape index (κ1) is 25.9. The number of nitrogens with one attached hydrogen (secondary N) is 1. The quantitative estimate of drug-likeness (QED) is 0.210. The van der Waals surface area contributed by atoms with Gasteiger partial charge in [0.15, 0.2) is 0 Å². The van der Waals surface area contributed by atoms with Crippen LogP contribution in [-0.2, 0) is 19.6 Å². The fourth-order valence-electron chi connectivity index (χ4n) is 3.17. The molecule has 0 radical (unpaired) electrons. The Balaban J connectivity index is 1.80. The number of benzene rings is 3. The van der Waals surface area contributed by atoms with Gasteiger partial charge in [-0.15, -0.1) is 0 Å². The van der Waals surface area contributed by atoms with E-state index in [0.717, 1.165) is 9.87 Å². The minimum Gasteiger partial charge on any atom is -0.427 e. The number of halogens is 1. The van der Waals surface area contributed by atoms with Crippen molar-refractivity contribution >= 4 is 45.4 Å². The molecule has 0 aliphatic heterocycles. The molecule has 3 aromatic carbocycles. The number of hydrazone groups is 1. The molecule has 0 aliphatic carbocycles. The molecule has 0 saturated heterocycles.